The van der Waals surface area contributed by atoms with E-state index < -0.39 is 0 Å². The van der Waals surface area contributed by atoms with E-state index in [2.05, 4.69) is 11.2 Å². The van der Waals surface area contributed by atoms with E-state index >= 15 is 0 Å². The van der Waals surface area contributed by atoms with Crippen molar-refractivity contribution in [2.24, 2.45) is 0 Å². The van der Waals surface area contributed by atoms with Gasteiger partial charge in [-0.15, -0.1) is 0 Å². The van der Waals surface area contributed by atoms with Crippen LogP contribution < -0.4 is 0 Å². The molecular weight excluding hydrogens is 205 g/mol. The van der Waals surface area contributed by atoms with E-state index in [1.165, 1.54) is 10.7 Å². The van der Waals surface area contributed by atoms with Gasteiger partial charge in [-0.05, 0) is 19.1 Å². The van der Waals surface area contributed by atoms with Crippen LogP contribution in [0.2, 0.25) is 0 Å². The minimum Gasteiger partial charge on any atom is -0.237 e. The van der Waals surface area contributed by atoms with Crippen LogP contribution in [0.4, 0.5) is 4.39 Å². The number of nitrogens with zero attached hydrogens (tertiary/aromatic N) is 3. The molecule has 0 aliphatic rings. The first-order valence-corrected chi connectivity index (χ1v) is 4.89. The molecule has 1 aromatic carbocycles. The van der Waals surface area contributed by atoms with Crippen LogP contribution in [0.1, 0.15) is 11.3 Å². The Morgan fingerprint density at radius 2 is 2.19 bits per heavy atom. The Morgan fingerprint density at radius 3 is 2.88 bits per heavy atom. The monoisotopic (exact) mass is 215 g/mol. The molecule has 0 amide bonds. The topological polar surface area (TPSA) is 41.6 Å². The van der Waals surface area contributed by atoms with E-state index in [1.54, 1.807) is 24.4 Å². The molecule has 0 aliphatic carbocycles. The molecule has 0 atom stereocenters. The van der Waals surface area contributed by atoms with Crippen LogP contribution in [-0.4, -0.2) is 9.78 Å². The lowest BCUT2D eigenvalue weighted by Gasteiger charge is -2.01. The van der Waals surface area contributed by atoms with Gasteiger partial charge in [0.1, 0.15) is 11.5 Å². The predicted molar refractivity (Wildman–Crippen MR) is 57.6 cm³/mol. The van der Waals surface area contributed by atoms with Crippen molar-refractivity contribution in [1.29, 1.82) is 5.26 Å². The molecule has 0 fully saturated rings. The molecule has 2 aromatic rings. The minimum absolute atomic E-state index is 0.292. The number of rotatable bonds is 2. The standard InChI is InChI=1S/C12H10FN3/c1-9-10(6-7-14)8-16(15-9)12-5-3-2-4-11(12)13/h2-5,8H,6H2,1H3. The Kier molecular flexibility index (Phi) is 2.69. The van der Waals surface area contributed by atoms with Gasteiger partial charge in [0, 0.05) is 11.8 Å². The van der Waals surface area contributed by atoms with Crippen molar-refractivity contribution in [2.45, 2.75) is 13.3 Å². The first kappa shape index (κ1) is 10.4. The van der Waals surface area contributed by atoms with Crippen molar-refractivity contribution < 1.29 is 4.39 Å². The molecule has 0 radical (unpaired) electrons. The number of hydrogen-bond donors (Lipinski definition) is 0. The Hall–Kier alpha value is -2.15. The highest BCUT2D eigenvalue weighted by atomic mass is 19.1. The van der Waals surface area contributed by atoms with Crippen molar-refractivity contribution >= 4 is 0 Å². The highest BCUT2D eigenvalue weighted by Crippen LogP contribution is 2.15. The van der Waals surface area contributed by atoms with Gasteiger partial charge in [-0.25, -0.2) is 9.07 Å². The number of nitriles is 1. The maximum absolute atomic E-state index is 13.5. The van der Waals surface area contributed by atoms with E-state index in [0.29, 0.717) is 12.1 Å². The van der Waals surface area contributed by atoms with Crippen LogP contribution in [0.15, 0.2) is 30.5 Å². The molecule has 0 saturated carbocycles. The third-order valence-electron chi connectivity index (χ3n) is 2.37. The maximum atomic E-state index is 13.5. The molecule has 0 bridgehead atoms. The van der Waals surface area contributed by atoms with Crippen molar-refractivity contribution in [2.75, 3.05) is 0 Å². The molecule has 0 saturated heterocycles. The summed E-state index contributed by atoms with van der Waals surface area (Å²) in [7, 11) is 0. The summed E-state index contributed by atoms with van der Waals surface area (Å²) in [5, 5.41) is 12.8. The van der Waals surface area contributed by atoms with E-state index in [1.807, 2.05) is 6.92 Å². The maximum Gasteiger partial charge on any atom is 0.148 e. The second-order valence-electron chi connectivity index (χ2n) is 3.47. The van der Waals surface area contributed by atoms with Crippen LogP contribution >= 0.6 is 0 Å². The molecule has 1 aromatic heterocycles. The fourth-order valence-corrected chi connectivity index (χ4v) is 1.52. The summed E-state index contributed by atoms with van der Waals surface area (Å²) < 4.78 is 14.9. The van der Waals surface area contributed by atoms with Crippen molar-refractivity contribution in [3.8, 4) is 11.8 Å². The molecule has 2 rings (SSSR count). The number of benzene rings is 1. The normalized spacial score (nSPS) is 10.1. The summed E-state index contributed by atoms with van der Waals surface area (Å²) in [6.07, 6.45) is 1.98. The average Bonchev–Trinajstić information content (AvgIpc) is 2.61. The molecular formula is C12H10FN3. The molecule has 1 heterocycles. The second kappa shape index (κ2) is 4.15. The average molecular weight is 215 g/mol. The Bertz CT molecular complexity index is 552. The zero-order valence-corrected chi connectivity index (χ0v) is 8.81. The smallest absolute Gasteiger partial charge is 0.148 e. The van der Waals surface area contributed by atoms with Crippen LogP contribution in [0, 0.1) is 24.1 Å². The third-order valence-corrected chi connectivity index (χ3v) is 2.37. The summed E-state index contributed by atoms with van der Waals surface area (Å²) in [6, 6.07) is 8.47. The van der Waals surface area contributed by atoms with Gasteiger partial charge in [-0.1, -0.05) is 12.1 Å². The van der Waals surface area contributed by atoms with E-state index in [4.69, 9.17) is 5.26 Å². The third kappa shape index (κ3) is 1.80. The first-order chi connectivity index (χ1) is 7.72. The van der Waals surface area contributed by atoms with Crippen LogP contribution in [0.3, 0.4) is 0 Å². The summed E-state index contributed by atoms with van der Waals surface area (Å²) >= 11 is 0. The van der Waals surface area contributed by atoms with Gasteiger partial charge in [0.15, 0.2) is 0 Å². The zero-order chi connectivity index (χ0) is 11.5. The Morgan fingerprint density at radius 1 is 1.44 bits per heavy atom. The minimum atomic E-state index is -0.325. The fourth-order valence-electron chi connectivity index (χ4n) is 1.52. The van der Waals surface area contributed by atoms with Crippen molar-refractivity contribution in [1.82, 2.24) is 9.78 Å². The van der Waals surface area contributed by atoms with Crippen LogP contribution in [-0.2, 0) is 6.42 Å². The molecule has 0 N–H and O–H groups in total. The van der Waals surface area contributed by atoms with Crippen molar-refractivity contribution in [3.63, 3.8) is 0 Å². The molecule has 0 aliphatic heterocycles. The highest BCUT2D eigenvalue weighted by molar-refractivity contribution is 5.34. The highest BCUT2D eigenvalue weighted by Gasteiger charge is 2.08. The molecule has 16 heavy (non-hydrogen) atoms. The summed E-state index contributed by atoms with van der Waals surface area (Å²) in [5.74, 6) is -0.325. The zero-order valence-electron chi connectivity index (χ0n) is 8.81. The lowest BCUT2D eigenvalue weighted by atomic mass is 10.2. The van der Waals surface area contributed by atoms with Gasteiger partial charge >= 0.3 is 0 Å². The summed E-state index contributed by atoms with van der Waals surface area (Å²) in [5.41, 5.74) is 1.98. The van der Waals surface area contributed by atoms with Gasteiger partial charge in [0.2, 0.25) is 0 Å². The van der Waals surface area contributed by atoms with Crippen LogP contribution in [0.25, 0.3) is 5.69 Å². The van der Waals surface area contributed by atoms with Gasteiger partial charge < -0.3 is 0 Å². The quantitative estimate of drug-likeness (QED) is 0.771. The summed E-state index contributed by atoms with van der Waals surface area (Å²) in [4.78, 5) is 0. The predicted octanol–water partition coefficient (Wildman–Crippen LogP) is 2.39. The molecule has 0 spiro atoms. The second-order valence-corrected chi connectivity index (χ2v) is 3.47. The van der Waals surface area contributed by atoms with Gasteiger partial charge in [0.25, 0.3) is 0 Å². The van der Waals surface area contributed by atoms with Gasteiger partial charge in [-0.3, -0.25) is 0 Å². The Balaban J connectivity index is 2.46. The largest absolute Gasteiger partial charge is 0.237 e. The molecule has 80 valence electrons. The number of aromatic nitrogens is 2. The fraction of sp³-hybridized carbons (Fsp3) is 0.167. The number of hydrogen-bond acceptors (Lipinski definition) is 2. The molecule has 4 heteroatoms. The molecule has 3 nitrogen and oxygen atoms in total. The Labute approximate surface area is 92.7 Å². The number of halogens is 1. The lowest BCUT2D eigenvalue weighted by Crippen LogP contribution is -1.97. The van der Waals surface area contributed by atoms with Crippen LogP contribution in [0.5, 0.6) is 0 Å². The lowest BCUT2D eigenvalue weighted by molar-refractivity contribution is 0.610. The number of para-hydroxylation sites is 1. The van der Waals surface area contributed by atoms with Gasteiger partial charge in [0.05, 0.1) is 18.2 Å². The summed E-state index contributed by atoms with van der Waals surface area (Å²) in [6.45, 7) is 1.81. The van der Waals surface area contributed by atoms with Crippen molar-refractivity contribution in [3.05, 3.63) is 47.5 Å². The van der Waals surface area contributed by atoms with E-state index in [-0.39, 0.29) is 5.82 Å². The van der Waals surface area contributed by atoms with E-state index in [9.17, 15) is 4.39 Å². The first-order valence-electron chi connectivity index (χ1n) is 4.89. The SMILES string of the molecule is Cc1nn(-c2ccccc2F)cc1CC#N. The molecule has 0 unspecified atom stereocenters. The number of aryl methyl sites for hydroxylation is 1. The van der Waals surface area contributed by atoms with Gasteiger partial charge in [-0.2, -0.15) is 10.4 Å². The van der Waals surface area contributed by atoms with E-state index in [0.717, 1.165) is 11.3 Å².